The number of aromatic nitrogens is 1. The summed E-state index contributed by atoms with van der Waals surface area (Å²) in [6, 6.07) is 9.97. The molecule has 0 unspecified atom stereocenters. The molecule has 2 aromatic rings. The Morgan fingerprint density at radius 1 is 1.25 bits per heavy atom. The summed E-state index contributed by atoms with van der Waals surface area (Å²) < 4.78 is 0. The van der Waals surface area contributed by atoms with Gasteiger partial charge in [-0.3, -0.25) is 9.78 Å². The molecule has 1 aromatic heterocycles. The van der Waals surface area contributed by atoms with Gasteiger partial charge in [0.05, 0.1) is 12.0 Å². The van der Waals surface area contributed by atoms with Gasteiger partial charge < -0.3 is 10.4 Å². The number of carbonyl (C=O) groups is 2. The van der Waals surface area contributed by atoms with Crippen LogP contribution in [0.1, 0.15) is 21.6 Å². The van der Waals surface area contributed by atoms with Crippen molar-refractivity contribution in [2.24, 2.45) is 0 Å². The van der Waals surface area contributed by atoms with E-state index >= 15 is 0 Å². The summed E-state index contributed by atoms with van der Waals surface area (Å²) >= 11 is 0. The fraction of sp³-hybridized carbons (Fsp3) is 0.133. The average Bonchev–Trinajstić information content (AvgIpc) is 2.42. The highest BCUT2D eigenvalue weighted by Crippen LogP contribution is 2.16. The topological polar surface area (TPSA) is 79.3 Å². The number of hydrogen-bond acceptors (Lipinski definition) is 3. The van der Waals surface area contributed by atoms with Crippen LogP contribution in [0, 0.1) is 6.92 Å². The van der Waals surface area contributed by atoms with Gasteiger partial charge >= 0.3 is 5.97 Å². The van der Waals surface area contributed by atoms with Gasteiger partial charge in [0, 0.05) is 17.6 Å². The lowest BCUT2D eigenvalue weighted by Gasteiger charge is -2.09. The van der Waals surface area contributed by atoms with E-state index in [4.69, 9.17) is 5.11 Å². The second kappa shape index (κ2) is 5.97. The van der Waals surface area contributed by atoms with Crippen molar-refractivity contribution in [3.8, 4) is 0 Å². The molecule has 0 aliphatic carbocycles. The number of nitrogens with one attached hydrogen (secondary N) is 1. The molecule has 0 saturated carbocycles. The summed E-state index contributed by atoms with van der Waals surface area (Å²) in [4.78, 5) is 26.8. The predicted octanol–water partition coefficient (Wildman–Crippen LogP) is 2.27. The Labute approximate surface area is 116 Å². The molecule has 102 valence electrons. The molecule has 0 aliphatic heterocycles. The molecule has 0 spiro atoms. The molecule has 2 N–H and O–H groups in total. The molecular weight excluding hydrogens is 256 g/mol. The summed E-state index contributed by atoms with van der Waals surface area (Å²) in [7, 11) is 0. The van der Waals surface area contributed by atoms with Crippen LogP contribution in [0.15, 0.2) is 42.6 Å². The Kier molecular flexibility index (Phi) is 4.10. The van der Waals surface area contributed by atoms with E-state index in [1.54, 1.807) is 31.3 Å². The first-order valence-corrected chi connectivity index (χ1v) is 6.10. The number of amides is 1. The van der Waals surface area contributed by atoms with Gasteiger partial charge in [-0.2, -0.15) is 0 Å². The standard InChI is InChI=1S/C15H14N2O3/c1-10-8-11(15(19)20)5-6-13(10)17-14(18)9-12-4-2-3-7-16-12/h2-8H,9H2,1H3,(H,17,18)(H,19,20). The molecular formula is C15H14N2O3. The number of benzene rings is 1. The van der Waals surface area contributed by atoms with E-state index in [1.165, 1.54) is 12.1 Å². The number of anilines is 1. The largest absolute Gasteiger partial charge is 0.478 e. The third kappa shape index (κ3) is 3.41. The van der Waals surface area contributed by atoms with E-state index in [0.29, 0.717) is 16.9 Å². The smallest absolute Gasteiger partial charge is 0.335 e. The minimum atomic E-state index is -0.987. The molecule has 1 aromatic carbocycles. The minimum absolute atomic E-state index is 0.182. The molecule has 0 atom stereocenters. The zero-order valence-electron chi connectivity index (χ0n) is 11.0. The van der Waals surface area contributed by atoms with Crippen molar-refractivity contribution in [1.29, 1.82) is 0 Å². The zero-order valence-corrected chi connectivity index (χ0v) is 11.0. The predicted molar refractivity (Wildman–Crippen MR) is 74.7 cm³/mol. The number of hydrogen-bond donors (Lipinski definition) is 2. The second-order valence-electron chi connectivity index (χ2n) is 4.38. The molecule has 5 nitrogen and oxygen atoms in total. The lowest BCUT2D eigenvalue weighted by atomic mass is 10.1. The second-order valence-corrected chi connectivity index (χ2v) is 4.38. The van der Waals surface area contributed by atoms with Gasteiger partial charge in [0.15, 0.2) is 0 Å². The molecule has 1 amide bonds. The van der Waals surface area contributed by atoms with Crippen LogP contribution in [0.4, 0.5) is 5.69 Å². The quantitative estimate of drug-likeness (QED) is 0.893. The number of carboxylic acids is 1. The van der Waals surface area contributed by atoms with Crippen LogP contribution in [0.5, 0.6) is 0 Å². The molecule has 2 rings (SSSR count). The van der Waals surface area contributed by atoms with Crippen LogP contribution < -0.4 is 5.32 Å². The minimum Gasteiger partial charge on any atom is -0.478 e. The van der Waals surface area contributed by atoms with Crippen molar-refractivity contribution >= 4 is 17.6 Å². The maximum atomic E-state index is 11.9. The van der Waals surface area contributed by atoms with Gasteiger partial charge in [0.25, 0.3) is 0 Å². The average molecular weight is 270 g/mol. The Balaban J connectivity index is 2.06. The maximum absolute atomic E-state index is 11.9. The number of pyridine rings is 1. The Hall–Kier alpha value is -2.69. The monoisotopic (exact) mass is 270 g/mol. The summed E-state index contributed by atoms with van der Waals surface area (Å²) in [5, 5.41) is 11.6. The lowest BCUT2D eigenvalue weighted by molar-refractivity contribution is -0.115. The fourth-order valence-corrected chi connectivity index (χ4v) is 1.80. The first-order chi connectivity index (χ1) is 9.56. The molecule has 0 saturated heterocycles. The molecule has 5 heteroatoms. The number of aromatic carboxylic acids is 1. The van der Waals surface area contributed by atoms with Crippen molar-refractivity contribution in [2.45, 2.75) is 13.3 Å². The highest BCUT2D eigenvalue weighted by Gasteiger charge is 2.09. The highest BCUT2D eigenvalue weighted by atomic mass is 16.4. The van der Waals surface area contributed by atoms with Crippen LogP contribution >= 0.6 is 0 Å². The van der Waals surface area contributed by atoms with Gasteiger partial charge in [-0.05, 0) is 42.8 Å². The van der Waals surface area contributed by atoms with Gasteiger partial charge in [0.2, 0.25) is 5.91 Å². The third-order valence-electron chi connectivity index (χ3n) is 2.82. The van der Waals surface area contributed by atoms with Gasteiger partial charge in [-0.25, -0.2) is 4.79 Å². The van der Waals surface area contributed by atoms with Gasteiger partial charge in [-0.15, -0.1) is 0 Å². The van der Waals surface area contributed by atoms with E-state index in [2.05, 4.69) is 10.3 Å². The van der Waals surface area contributed by atoms with Crippen LogP contribution in [0.3, 0.4) is 0 Å². The fourth-order valence-electron chi connectivity index (χ4n) is 1.80. The van der Waals surface area contributed by atoms with Crippen molar-refractivity contribution in [1.82, 2.24) is 4.98 Å². The van der Waals surface area contributed by atoms with Crippen molar-refractivity contribution < 1.29 is 14.7 Å². The van der Waals surface area contributed by atoms with E-state index in [-0.39, 0.29) is 17.9 Å². The Morgan fingerprint density at radius 2 is 2.05 bits per heavy atom. The van der Waals surface area contributed by atoms with E-state index in [0.717, 1.165) is 0 Å². The first-order valence-electron chi connectivity index (χ1n) is 6.10. The summed E-state index contributed by atoms with van der Waals surface area (Å²) in [6.07, 6.45) is 1.82. The van der Waals surface area contributed by atoms with E-state index < -0.39 is 5.97 Å². The van der Waals surface area contributed by atoms with Crippen LogP contribution in [0.2, 0.25) is 0 Å². The van der Waals surface area contributed by atoms with E-state index in [1.807, 2.05) is 6.07 Å². The first kappa shape index (κ1) is 13.7. The van der Waals surface area contributed by atoms with Crippen LogP contribution in [-0.2, 0) is 11.2 Å². The summed E-state index contributed by atoms with van der Waals surface area (Å²) in [6.45, 7) is 1.75. The molecule has 0 fully saturated rings. The summed E-state index contributed by atoms with van der Waals surface area (Å²) in [5.41, 5.74) is 2.20. The van der Waals surface area contributed by atoms with Crippen molar-refractivity contribution in [2.75, 3.05) is 5.32 Å². The Morgan fingerprint density at radius 3 is 2.65 bits per heavy atom. The zero-order chi connectivity index (χ0) is 14.5. The van der Waals surface area contributed by atoms with E-state index in [9.17, 15) is 9.59 Å². The molecule has 20 heavy (non-hydrogen) atoms. The number of aryl methyl sites for hydroxylation is 1. The molecule has 0 radical (unpaired) electrons. The lowest BCUT2D eigenvalue weighted by Crippen LogP contribution is -2.16. The van der Waals surface area contributed by atoms with Crippen molar-refractivity contribution in [3.63, 3.8) is 0 Å². The number of carboxylic acid groups (broad SMARTS) is 1. The number of rotatable bonds is 4. The number of carbonyl (C=O) groups excluding carboxylic acids is 1. The van der Waals surface area contributed by atoms with Gasteiger partial charge in [-0.1, -0.05) is 6.07 Å². The SMILES string of the molecule is Cc1cc(C(=O)O)ccc1NC(=O)Cc1ccccn1. The molecule has 0 bridgehead atoms. The van der Waals surface area contributed by atoms with Crippen LogP contribution in [-0.4, -0.2) is 22.0 Å². The Bertz CT molecular complexity index is 639. The van der Waals surface area contributed by atoms with Crippen molar-refractivity contribution in [3.05, 3.63) is 59.4 Å². The summed E-state index contributed by atoms with van der Waals surface area (Å²) in [5.74, 6) is -1.17. The normalized spacial score (nSPS) is 10.1. The van der Waals surface area contributed by atoms with Crippen LogP contribution in [0.25, 0.3) is 0 Å². The third-order valence-corrected chi connectivity index (χ3v) is 2.82. The maximum Gasteiger partial charge on any atom is 0.335 e. The molecule has 1 heterocycles. The highest BCUT2D eigenvalue weighted by molar-refractivity contribution is 5.94. The number of nitrogens with zero attached hydrogens (tertiary/aromatic N) is 1. The van der Waals surface area contributed by atoms with Gasteiger partial charge in [0.1, 0.15) is 0 Å². The molecule has 0 aliphatic rings.